The molecular formula is C42H54N4O7. The van der Waals surface area contributed by atoms with E-state index in [4.69, 9.17) is 14.5 Å². The number of nitrogens with one attached hydrogen (secondary N) is 1. The van der Waals surface area contributed by atoms with Crippen LogP contribution in [0.25, 0.3) is 33.3 Å². The molecular weight excluding hydrogens is 672 g/mol. The zero-order valence-corrected chi connectivity index (χ0v) is 32.2. The van der Waals surface area contributed by atoms with E-state index in [0.717, 1.165) is 56.7 Å². The van der Waals surface area contributed by atoms with Crippen LogP contribution in [0, 0.1) is 11.3 Å². The molecule has 1 saturated heterocycles. The van der Waals surface area contributed by atoms with Gasteiger partial charge in [0.15, 0.2) is 0 Å². The maximum atomic E-state index is 13.8. The van der Waals surface area contributed by atoms with Crippen LogP contribution >= 0.6 is 0 Å². The number of carbonyl (C=O) groups is 3. The number of hydrogen-bond donors (Lipinski definition) is 3. The van der Waals surface area contributed by atoms with E-state index >= 15 is 0 Å². The number of aliphatic hydroxyl groups is 1. The zero-order chi connectivity index (χ0) is 38.7. The third kappa shape index (κ3) is 9.08. The Bertz CT molecular complexity index is 1960. The number of carbonyl (C=O) groups excluding carboxylic acids is 2. The number of aliphatic hydroxyl groups excluding tert-OH is 1. The molecule has 11 heteroatoms. The Morgan fingerprint density at radius 3 is 2.42 bits per heavy atom. The number of nitrogens with zero attached hydrogens (tertiary/aromatic N) is 3. The first-order valence-electron chi connectivity index (χ1n) is 18.4. The Morgan fingerprint density at radius 1 is 1.04 bits per heavy atom. The molecule has 4 aromatic rings. The van der Waals surface area contributed by atoms with E-state index in [1.54, 1.807) is 34.1 Å². The largest absolute Gasteiger partial charge is 0.481 e. The summed E-state index contributed by atoms with van der Waals surface area (Å²) in [6.45, 7) is 14.7. The zero-order valence-electron chi connectivity index (χ0n) is 32.2. The first-order chi connectivity index (χ1) is 25.1. The van der Waals surface area contributed by atoms with Crippen LogP contribution in [0.15, 0.2) is 60.8 Å². The molecule has 0 bridgehead atoms. The number of likely N-dealkylation sites (tertiary alicyclic amines) is 1. The highest BCUT2D eigenvalue weighted by Crippen LogP contribution is 2.41. The van der Waals surface area contributed by atoms with Gasteiger partial charge in [-0.2, -0.15) is 0 Å². The Kier molecular flexibility index (Phi) is 12.0. The number of hydrogen-bond acceptors (Lipinski definition) is 7. The van der Waals surface area contributed by atoms with Gasteiger partial charge in [-0.05, 0) is 99.4 Å². The Balaban J connectivity index is 1.56. The van der Waals surface area contributed by atoms with Crippen LogP contribution in [0.2, 0.25) is 0 Å². The number of rotatable bonds is 13. The van der Waals surface area contributed by atoms with Gasteiger partial charge in [-0.25, -0.2) is 4.79 Å². The SMILES string of the molecule is CCn1c(-c2cccnc2C(C)OC)c(CC(C)(C)CO)c2cc(-c3cccc(CC(NC(=O)OC(C)(C)C)C(=O)N4CC[C@@H](C(=O)O)C4)c3)ccc21. The van der Waals surface area contributed by atoms with Crippen molar-refractivity contribution in [1.82, 2.24) is 19.8 Å². The number of benzene rings is 2. The number of aromatic nitrogens is 2. The summed E-state index contributed by atoms with van der Waals surface area (Å²) in [6, 6.07) is 17.4. The summed E-state index contributed by atoms with van der Waals surface area (Å²) in [7, 11) is 1.68. The standard InChI is InChI=1S/C42H54N4O7/c1-9-46-35-16-15-29(22-32(35)33(23-42(6,7)25-47)37(46)31-14-11-18-43-36(31)26(2)52-8)28-13-10-12-27(20-28)21-34(44-40(51)53-41(3,4)5)38(48)45-19-17-30(24-45)39(49)50/h10-16,18,20,22,26,30,34,47H,9,17,19,21,23-25H2,1-8H3,(H,44,51)(H,49,50)/t26?,30-,34?/m1/s1. The summed E-state index contributed by atoms with van der Waals surface area (Å²) in [5.41, 5.74) is 6.68. The topological polar surface area (TPSA) is 143 Å². The first-order valence-corrected chi connectivity index (χ1v) is 18.4. The molecule has 53 heavy (non-hydrogen) atoms. The number of alkyl carbamates (subject to hydrolysis) is 1. The number of carboxylic acid groups (broad SMARTS) is 1. The summed E-state index contributed by atoms with van der Waals surface area (Å²) in [6.07, 6.45) is 2.03. The Hall–Kier alpha value is -4.74. The number of aryl methyl sites for hydroxylation is 1. The lowest BCUT2D eigenvalue weighted by Crippen LogP contribution is -2.50. The molecule has 2 unspecified atom stereocenters. The fourth-order valence-corrected chi connectivity index (χ4v) is 7.15. The van der Waals surface area contributed by atoms with Crippen molar-refractivity contribution in [3.8, 4) is 22.4 Å². The minimum atomic E-state index is -0.952. The number of pyridine rings is 1. The lowest BCUT2D eigenvalue weighted by Gasteiger charge is -2.26. The van der Waals surface area contributed by atoms with Crippen LogP contribution in [0.3, 0.4) is 0 Å². The number of fused-ring (bicyclic) bond motifs is 1. The van der Waals surface area contributed by atoms with E-state index in [2.05, 4.69) is 54.9 Å². The van der Waals surface area contributed by atoms with E-state index < -0.39 is 35.0 Å². The van der Waals surface area contributed by atoms with Crippen molar-refractivity contribution >= 4 is 28.9 Å². The molecule has 0 saturated carbocycles. The van der Waals surface area contributed by atoms with E-state index in [-0.39, 0.29) is 31.6 Å². The summed E-state index contributed by atoms with van der Waals surface area (Å²) < 4.78 is 13.5. The fourth-order valence-electron chi connectivity index (χ4n) is 7.15. The predicted molar refractivity (Wildman–Crippen MR) is 205 cm³/mol. The van der Waals surface area contributed by atoms with Gasteiger partial charge in [0.1, 0.15) is 11.6 Å². The second-order valence-corrected chi connectivity index (χ2v) is 15.8. The minimum absolute atomic E-state index is 0.0208. The highest BCUT2D eigenvalue weighted by Gasteiger charge is 2.35. The molecule has 3 atom stereocenters. The molecule has 0 aliphatic carbocycles. The third-order valence-corrected chi connectivity index (χ3v) is 9.94. The smallest absolute Gasteiger partial charge is 0.408 e. The van der Waals surface area contributed by atoms with E-state index in [1.807, 2.05) is 37.3 Å². The number of amides is 2. The van der Waals surface area contributed by atoms with Gasteiger partial charge in [0, 0.05) is 62.4 Å². The van der Waals surface area contributed by atoms with Crippen molar-refractivity contribution in [1.29, 1.82) is 0 Å². The molecule has 284 valence electrons. The molecule has 1 fully saturated rings. The van der Waals surface area contributed by atoms with Gasteiger partial charge in [0.05, 0.1) is 23.4 Å². The van der Waals surface area contributed by atoms with E-state index in [0.29, 0.717) is 19.4 Å². The average Bonchev–Trinajstić information content (AvgIpc) is 3.73. The summed E-state index contributed by atoms with van der Waals surface area (Å²) in [5.74, 6) is -1.91. The first kappa shape index (κ1) is 39.5. The lowest BCUT2D eigenvalue weighted by molar-refractivity contribution is -0.141. The maximum absolute atomic E-state index is 13.8. The van der Waals surface area contributed by atoms with E-state index in [9.17, 15) is 24.6 Å². The fraction of sp³-hybridized carbons (Fsp3) is 0.476. The van der Waals surface area contributed by atoms with Crippen LogP contribution in [0.4, 0.5) is 4.79 Å². The number of carboxylic acids is 1. The number of methoxy groups -OCH3 is 1. The van der Waals surface area contributed by atoms with Gasteiger partial charge in [-0.1, -0.05) is 44.2 Å². The number of aliphatic carboxylic acids is 1. The molecule has 5 rings (SSSR count). The predicted octanol–water partition coefficient (Wildman–Crippen LogP) is 7.03. The highest BCUT2D eigenvalue weighted by molar-refractivity contribution is 5.95. The van der Waals surface area contributed by atoms with Gasteiger partial charge < -0.3 is 34.5 Å². The summed E-state index contributed by atoms with van der Waals surface area (Å²) in [4.78, 5) is 44.6. The molecule has 2 aromatic carbocycles. The van der Waals surface area contributed by atoms with Gasteiger partial charge >= 0.3 is 12.1 Å². The lowest BCUT2D eigenvalue weighted by atomic mass is 9.84. The summed E-state index contributed by atoms with van der Waals surface area (Å²) in [5, 5.41) is 23.8. The van der Waals surface area contributed by atoms with Crippen LogP contribution in [0.1, 0.15) is 77.8 Å². The van der Waals surface area contributed by atoms with Gasteiger partial charge in [-0.15, -0.1) is 0 Å². The maximum Gasteiger partial charge on any atom is 0.408 e. The van der Waals surface area contributed by atoms with Crippen molar-refractivity contribution in [3.05, 3.63) is 77.6 Å². The quantitative estimate of drug-likeness (QED) is 0.133. The molecule has 1 aliphatic heterocycles. The molecule has 11 nitrogen and oxygen atoms in total. The van der Waals surface area contributed by atoms with Crippen LogP contribution in [-0.4, -0.2) is 81.1 Å². The normalized spacial score (nSPS) is 16.1. The molecule has 2 amide bonds. The monoisotopic (exact) mass is 726 g/mol. The van der Waals surface area contributed by atoms with Gasteiger partial charge in [0.25, 0.3) is 0 Å². The second-order valence-electron chi connectivity index (χ2n) is 15.8. The third-order valence-electron chi connectivity index (χ3n) is 9.94. The van der Waals surface area contributed by atoms with Crippen molar-refractivity contribution in [2.24, 2.45) is 11.3 Å². The second kappa shape index (κ2) is 16.1. The molecule has 0 radical (unpaired) electrons. The van der Waals surface area contributed by atoms with Gasteiger partial charge in [0.2, 0.25) is 5.91 Å². The average molecular weight is 727 g/mol. The highest BCUT2D eigenvalue weighted by atomic mass is 16.6. The van der Waals surface area contributed by atoms with E-state index in [1.165, 1.54) is 4.90 Å². The molecule has 3 N–H and O–H groups in total. The molecule has 3 heterocycles. The molecule has 2 aromatic heterocycles. The Labute approximate surface area is 312 Å². The van der Waals surface area contributed by atoms with Crippen molar-refractivity contribution in [2.45, 2.75) is 92.0 Å². The molecule has 1 aliphatic rings. The van der Waals surface area contributed by atoms with Crippen molar-refractivity contribution in [3.63, 3.8) is 0 Å². The van der Waals surface area contributed by atoms with Crippen LogP contribution < -0.4 is 5.32 Å². The van der Waals surface area contributed by atoms with Crippen LogP contribution in [-0.2, 0) is 38.4 Å². The summed E-state index contributed by atoms with van der Waals surface area (Å²) >= 11 is 0. The minimum Gasteiger partial charge on any atom is -0.481 e. The number of ether oxygens (including phenoxy) is 2. The Morgan fingerprint density at radius 2 is 1.77 bits per heavy atom. The molecule has 0 spiro atoms. The van der Waals surface area contributed by atoms with Crippen LogP contribution in [0.5, 0.6) is 0 Å². The van der Waals surface area contributed by atoms with Crippen molar-refractivity contribution < 1.29 is 34.1 Å². The van der Waals surface area contributed by atoms with Gasteiger partial charge in [-0.3, -0.25) is 14.6 Å². The van der Waals surface area contributed by atoms with Crippen molar-refractivity contribution in [2.75, 3.05) is 26.8 Å².